The van der Waals surface area contributed by atoms with Crippen LogP contribution in [0, 0.1) is 6.92 Å². The van der Waals surface area contributed by atoms with Crippen molar-refractivity contribution in [3.8, 4) is 0 Å². The summed E-state index contributed by atoms with van der Waals surface area (Å²) in [6.07, 6.45) is 0. The van der Waals surface area contributed by atoms with E-state index in [1.807, 2.05) is 36.1 Å². The highest BCUT2D eigenvalue weighted by Gasteiger charge is 2.22. The summed E-state index contributed by atoms with van der Waals surface area (Å²) in [5, 5.41) is 3.85. The van der Waals surface area contributed by atoms with Crippen molar-refractivity contribution in [1.82, 2.24) is 19.8 Å². The lowest BCUT2D eigenvalue weighted by Crippen LogP contribution is -2.47. The van der Waals surface area contributed by atoms with Crippen LogP contribution in [0.1, 0.15) is 21.7 Å². The molecule has 1 fully saturated rings. The normalized spacial score (nSPS) is 15.2. The predicted octanol–water partition coefficient (Wildman–Crippen LogP) is 2.44. The number of aryl methyl sites for hydroxylation is 1. The summed E-state index contributed by atoms with van der Waals surface area (Å²) in [6.45, 7) is 5.58. The minimum absolute atomic E-state index is 0.0422. The first-order valence-corrected chi connectivity index (χ1v) is 8.71. The molecule has 0 bridgehead atoms. The van der Waals surface area contributed by atoms with Crippen LogP contribution in [0.3, 0.4) is 0 Å². The summed E-state index contributed by atoms with van der Waals surface area (Å²) in [5.41, 5.74) is 2.15. The van der Waals surface area contributed by atoms with Crippen LogP contribution in [0.5, 0.6) is 0 Å². The molecule has 1 saturated heterocycles. The standard InChI is InChI=1S/C18H22ClN5O/c1-13-11-16(17(25)24-9-7-23(2)8-10-24)22-18(21-13)20-12-14-5-3-4-6-15(14)19/h3-6,11H,7-10,12H2,1-2H3,(H,20,21,22). The van der Waals surface area contributed by atoms with Gasteiger partial charge in [-0.25, -0.2) is 9.97 Å². The van der Waals surface area contributed by atoms with Gasteiger partial charge in [0.25, 0.3) is 5.91 Å². The van der Waals surface area contributed by atoms with Gasteiger partial charge in [-0.2, -0.15) is 0 Å². The molecule has 0 unspecified atom stereocenters. The zero-order chi connectivity index (χ0) is 17.8. The largest absolute Gasteiger partial charge is 0.350 e. The van der Waals surface area contributed by atoms with E-state index in [1.165, 1.54) is 0 Å². The molecule has 1 amide bonds. The maximum Gasteiger partial charge on any atom is 0.272 e. The lowest BCUT2D eigenvalue weighted by molar-refractivity contribution is 0.0658. The molecule has 0 spiro atoms. The Labute approximate surface area is 152 Å². The molecule has 1 aromatic heterocycles. The van der Waals surface area contributed by atoms with Crippen molar-refractivity contribution in [3.63, 3.8) is 0 Å². The number of carbonyl (C=O) groups excluding carboxylic acids is 1. The molecule has 0 atom stereocenters. The number of anilines is 1. The molecule has 132 valence electrons. The van der Waals surface area contributed by atoms with Crippen molar-refractivity contribution in [2.24, 2.45) is 0 Å². The van der Waals surface area contributed by atoms with Gasteiger partial charge in [0, 0.05) is 43.4 Å². The van der Waals surface area contributed by atoms with Crippen molar-refractivity contribution in [2.45, 2.75) is 13.5 Å². The zero-order valence-electron chi connectivity index (χ0n) is 14.5. The summed E-state index contributed by atoms with van der Waals surface area (Å²) in [4.78, 5) is 25.5. The lowest BCUT2D eigenvalue weighted by atomic mass is 10.2. The van der Waals surface area contributed by atoms with Gasteiger partial charge in [-0.3, -0.25) is 4.79 Å². The van der Waals surface area contributed by atoms with Crippen LogP contribution in [0.4, 0.5) is 5.95 Å². The van der Waals surface area contributed by atoms with E-state index in [-0.39, 0.29) is 5.91 Å². The quantitative estimate of drug-likeness (QED) is 0.908. The molecule has 1 aliphatic heterocycles. The van der Waals surface area contributed by atoms with Crippen LogP contribution in [0.25, 0.3) is 0 Å². The van der Waals surface area contributed by atoms with E-state index in [2.05, 4.69) is 27.2 Å². The Balaban J connectivity index is 1.72. The van der Waals surface area contributed by atoms with Gasteiger partial charge < -0.3 is 15.1 Å². The SMILES string of the molecule is Cc1cc(C(=O)N2CCN(C)CC2)nc(NCc2ccccc2Cl)n1. The van der Waals surface area contributed by atoms with Gasteiger partial charge in [0.15, 0.2) is 0 Å². The van der Waals surface area contributed by atoms with Gasteiger partial charge in [0.1, 0.15) is 5.69 Å². The number of likely N-dealkylation sites (N-methyl/N-ethyl adjacent to an activating group) is 1. The third kappa shape index (κ3) is 4.46. The summed E-state index contributed by atoms with van der Waals surface area (Å²) in [5.74, 6) is 0.400. The van der Waals surface area contributed by atoms with E-state index in [0.717, 1.165) is 37.4 Å². The topological polar surface area (TPSA) is 61.4 Å². The van der Waals surface area contributed by atoms with Gasteiger partial charge in [-0.05, 0) is 31.7 Å². The highest BCUT2D eigenvalue weighted by Crippen LogP contribution is 2.16. The van der Waals surface area contributed by atoms with E-state index < -0.39 is 0 Å². The molecule has 1 N–H and O–H groups in total. The van der Waals surface area contributed by atoms with Gasteiger partial charge >= 0.3 is 0 Å². The molecule has 3 rings (SSSR count). The van der Waals surface area contributed by atoms with Crippen molar-refractivity contribution >= 4 is 23.5 Å². The number of nitrogens with zero attached hydrogens (tertiary/aromatic N) is 4. The summed E-state index contributed by atoms with van der Waals surface area (Å²) in [6, 6.07) is 9.35. The number of aromatic nitrogens is 2. The number of hydrogen-bond donors (Lipinski definition) is 1. The molecule has 0 saturated carbocycles. The number of nitrogens with one attached hydrogen (secondary N) is 1. The molecular formula is C18H22ClN5O. The Morgan fingerprint density at radius 1 is 1.20 bits per heavy atom. The van der Waals surface area contributed by atoms with Gasteiger partial charge in [0.05, 0.1) is 0 Å². The van der Waals surface area contributed by atoms with E-state index in [9.17, 15) is 4.79 Å². The van der Waals surface area contributed by atoms with Crippen molar-refractivity contribution < 1.29 is 4.79 Å². The van der Waals surface area contributed by atoms with E-state index in [0.29, 0.717) is 23.2 Å². The maximum atomic E-state index is 12.7. The predicted molar refractivity (Wildman–Crippen MR) is 98.9 cm³/mol. The van der Waals surface area contributed by atoms with E-state index in [1.54, 1.807) is 6.07 Å². The van der Waals surface area contributed by atoms with Crippen molar-refractivity contribution in [1.29, 1.82) is 0 Å². The fourth-order valence-corrected chi connectivity index (χ4v) is 2.95. The minimum Gasteiger partial charge on any atom is -0.350 e. The number of piperazine rings is 1. The molecule has 0 radical (unpaired) electrons. The van der Waals surface area contributed by atoms with Crippen LogP contribution in [0.15, 0.2) is 30.3 Å². The smallest absolute Gasteiger partial charge is 0.272 e. The fourth-order valence-electron chi connectivity index (χ4n) is 2.74. The molecular weight excluding hydrogens is 338 g/mol. The Kier molecular flexibility index (Phi) is 5.50. The monoisotopic (exact) mass is 359 g/mol. The first kappa shape index (κ1) is 17.6. The molecule has 1 aromatic carbocycles. The second kappa shape index (κ2) is 7.80. The molecule has 2 heterocycles. The highest BCUT2D eigenvalue weighted by molar-refractivity contribution is 6.31. The number of halogens is 1. The number of hydrogen-bond acceptors (Lipinski definition) is 5. The Bertz CT molecular complexity index is 759. The summed E-state index contributed by atoms with van der Waals surface area (Å²) < 4.78 is 0. The fraction of sp³-hybridized carbons (Fsp3) is 0.389. The molecule has 1 aliphatic rings. The Morgan fingerprint density at radius 2 is 1.92 bits per heavy atom. The number of benzene rings is 1. The Morgan fingerprint density at radius 3 is 2.64 bits per heavy atom. The van der Waals surface area contributed by atoms with Crippen molar-refractivity contribution in [3.05, 3.63) is 52.3 Å². The second-order valence-electron chi connectivity index (χ2n) is 6.26. The van der Waals surface area contributed by atoms with E-state index in [4.69, 9.17) is 11.6 Å². The number of amides is 1. The average Bonchev–Trinajstić information content (AvgIpc) is 2.60. The highest BCUT2D eigenvalue weighted by atomic mass is 35.5. The first-order valence-electron chi connectivity index (χ1n) is 8.34. The van der Waals surface area contributed by atoms with Crippen LogP contribution < -0.4 is 5.32 Å². The first-order chi connectivity index (χ1) is 12.0. The van der Waals surface area contributed by atoms with Crippen LogP contribution in [-0.4, -0.2) is 58.9 Å². The maximum absolute atomic E-state index is 12.7. The minimum atomic E-state index is -0.0422. The summed E-state index contributed by atoms with van der Waals surface area (Å²) >= 11 is 6.17. The molecule has 2 aromatic rings. The molecule has 0 aliphatic carbocycles. The molecule has 6 nitrogen and oxygen atoms in total. The van der Waals surface area contributed by atoms with Crippen molar-refractivity contribution in [2.75, 3.05) is 38.5 Å². The lowest BCUT2D eigenvalue weighted by Gasteiger charge is -2.32. The van der Waals surface area contributed by atoms with Crippen LogP contribution >= 0.6 is 11.6 Å². The van der Waals surface area contributed by atoms with Crippen LogP contribution in [0.2, 0.25) is 5.02 Å². The number of carbonyl (C=O) groups is 1. The zero-order valence-corrected chi connectivity index (χ0v) is 15.3. The van der Waals surface area contributed by atoms with Gasteiger partial charge in [-0.1, -0.05) is 29.8 Å². The van der Waals surface area contributed by atoms with Crippen LogP contribution in [-0.2, 0) is 6.54 Å². The average molecular weight is 360 g/mol. The third-order valence-electron chi connectivity index (χ3n) is 4.26. The second-order valence-corrected chi connectivity index (χ2v) is 6.67. The van der Waals surface area contributed by atoms with Gasteiger partial charge in [0.2, 0.25) is 5.95 Å². The Hall–Kier alpha value is -2.18. The van der Waals surface area contributed by atoms with Gasteiger partial charge in [-0.15, -0.1) is 0 Å². The third-order valence-corrected chi connectivity index (χ3v) is 4.63. The number of rotatable bonds is 4. The summed E-state index contributed by atoms with van der Waals surface area (Å²) in [7, 11) is 2.06. The molecule has 25 heavy (non-hydrogen) atoms. The van der Waals surface area contributed by atoms with E-state index >= 15 is 0 Å². The molecule has 7 heteroatoms.